The van der Waals surface area contributed by atoms with Crippen LogP contribution in [0.5, 0.6) is 11.5 Å². The third-order valence-electron chi connectivity index (χ3n) is 5.08. The molecule has 1 amide bonds. The van der Waals surface area contributed by atoms with E-state index < -0.39 is 18.0 Å². The highest BCUT2D eigenvalue weighted by atomic mass is 19.3. The fourth-order valence-corrected chi connectivity index (χ4v) is 3.61. The van der Waals surface area contributed by atoms with E-state index in [9.17, 15) is 13.6 Å². The first-order chi connectivity index (χ1) is 14.4. The zero-order valence-corrected chi connectivity index (χ0v) is 18.6. The lowest BCUT2D eigenvalue weighted by atomic mass is 9.86. The normalized spacial score (nSPS) is 11.8. The van der Waals surface area contributed by atoms with Gasteiger partial charge in [-0.1, -0.05) is 39.0 Å². The fourth-order valence-electron chi connectivity index (χ4n) is 3.61. The van der Waals surface area contributed by atoms with Crippen LogP contribution in [0.4, 0.5) is 8.78 Å². The van der Waals surface area contributed by atoms with E-state index in [1.165, 1.54) is 11.7 Å². The van der Waals surface area contributed by atoms with Gasteiger partial charge in [-0.2, -0.15) is 5.10 Å². The molecule has 0 saturated heterocycles. The van der Waals surface area contributed by atoms with Crippen LogP contribution in [0.3, 0.4) is 0 Å². The van der Waals surface area contributed by atoms with Crippen molar-refractivity contribution in [2.45, 2.75) is 46.5 Å². The van der Waals surface area contributed by atoms with Gasteiger partial charge in [0.2, 0.25) is 0 Å². The van der Waals surface area contributed by atoms with Crippen molar-refractivity contribution in [3.05, 3.63) is 64.3 Å². The number of aryl methyl sites for hydroxylation is 3. The van der Waals surface area contributed by atoms with Crippen molar-refractivity contribution in [2.24, 2.45) is 12.8 Å². The maximum atomic E-state index is 13.5. The highest BCUT2D eigenvalue weighted by Crippen LogP contribution is 2.41. The SMILES string of the molecule is Cc1ccc(-c2c(C(N)=O)c(C(F)F)nn2C)c(Oc2cc(C)ccc2C(C)(C)C)c1. The van der Waals surface area contributed by atoms with E-state index in [2.05, 4.69) is 25.9 Å². The number of aromatic nitrogens is 2. The van der Waals surface area contributed by atoms with E-state index in [0.717, 1.165) is 16.7 Å². The summed E-state index contributed by atoms with van der Waals surface area (Å²) >= 11 is 0. The molecule has 0 radical (unpaired) electrons. The molecule has 3 rings (SSSR count). The number of halogens is 2. The molecule has 164 valence electrons. The Morgan fingerprint density at radius 1 is 1.06 bits per heavy atom. The second-order valence-corrected chi connectivity index (χ2v) is 8.75. The first-order valence-corrected chi connectivity index (χ1v) is 9.95. The maximum Gasteiger partial charge on any atom is 0.282 e. The number of nitrogens with zero attached hydrogens (tertiary/aromatic N) is 2. The van der Waals surface area contributed by atoms with Crippen molar-refractivity contribution in [1.82, 2.24) is 9.78 Å². The van der Waals surface area contributed by atoms with Gasteiger partial charge in [0.1, 0.15) is 17.2 Å². The summed E-state index contributed by atoms with van der Waals surface area (Å²) in [5.74, 6) is 0.134. The smallest absolute Gasteiger partial charge is 0.282 e. The van der Waals surface area contributed by atoms with Gasteiger partial charge in [-0.15, -0.1) is 0 Å². The van der Waals surface area contributed by atoms with Gasteiger partial charge in [0.05, 0.1) is 11.3 Å². The fraction of sp³-hybridized carbons (Fsp3) is 0.333. The number of carbonyl (C=O) groups is 1. The third-order valence-corrected chi connectivity index (χ3v) is 5.08. The first kappa shape index (κ1) is 22.5. The van der Waals surface area contributed by atoms with Gasteiger partial charge in [0, 0.05) is 18.2 Å². The highest BCUT2D eigenvalue weighted by molar-refractivity contribution is 6.01. The van der Waals surface area contributed by atoms with Crippen LogP contribution >= 0.6 is 0 Å². The molecule has 0 saturated carbocycles. The number of benzene rings is 2. The number of hydrogen-bond donors (Lipinski definition) is 1. The molecule has 2 N–H and O–H groups in total. The van der Waals surface area contributed by atoms with Gasteiger partial charge in [-0.05, 0) is 48.6 Å². The summed E-state index contributed by atoms with van der Waals surface area (Å²) in [4.78, 5) is 12.1. The average molecular weight is 427 g/mol. The molecule has 0 aliphatic heterocycles. The lowest BCUT2D eigenvalue weighted by Crippen LogP contribution is -2.15. The largest absolute Gasteiger partial charge is 0.456 e. The summed E-state index contributed by atoms with van der Waals surface area (Å²) in [5.41, 5.74) is 7.95. The molecule has 0 unspecified atom stereocenters. The lowest BCUT2D eigenvalue weighted by molar-refractivity contribution is 0.0985. The summed E-state index contributed by atoms with van der Waals surface area (Å²) in [6.45, 7) is 10.1. The summed E-state index contributed by atoms with van der Waals surface area (Å²) in [6.07, 6.45) is -2.93. The van der Waals surface area contributed by atoms with E-state index in [4.69, 9.17) is 10.5 Å². The number of primary amides is 1. The number of amides is 1. The average Bonchev–Trinajstić information content (AvgIpc) is 2.98. The van der Waals surface area contributed by atoms with Crippen LogP contribution in [-0.2, 0) is 12.5 Å². The van der Waals surface area contributed by atoms with Crippen molar-refractivity contribution in [1.29, 1.82) is 0 Å². The van der Waals surface area contributed by atoms with E-state index in [0.29, 0.717) is 17.1 Å². The van der Waals surface area contributed by atoms with Gasteiger partial charge in [0.15, 0.2) is 0 Å². The molecule has 2 aromatic carbocycles. The third kappa shape index (κ3) is 4.45. The van der Waals surface area contributed by atoms with Gasteiger partial charge >= 0.3 is 0 Å². The van der Waals surface area contributed by atoms with Crippen LogP contribution < -0.4 is 10.5 Å². The zero-order chi connectivity index (χ0) is 23.1. The molecule has 0 aliphatic rings. The van der Waals surface area contributed by atoms with Crippen LogP contribution in [0.15, 0.2) is 36.4 Å². The monoisotopic (exact) mass is 427 g/mol. The Hall–Kier alpha value is -3.22. The second kappa shape index (κ2) is 8.13. The molecule has 0 aliphatic carbocycles. The summed E-state index contributed by atoms with van der Waals surface area (Å²) in [6, 6.07) is 11.3. The van der Waals surface area contributed by atoms with E-state index in [-0.39, 0.29) is 16.7 Å². The van der Waals surface area contributed by atoms with Crippen molar-refractivity contribution >= 4 is 5.91 Å². The Kier molecular flexibility index (Phi) is 5.89. The summed E-state index contributed by atoms with van der Waals surface area (Å²) in [7, 11) is 1.50. The highest BCUT2D eigenvalue weighted by Gasteiger charge is 2.29. The molecule has 0 bridgehead atoms. The van der Waals surface area contributed by atoms with E-state index in [1.54, 1.807) is 6.07 Å². The van der Waals surface area contributed by atoms with E-state index in [1.807, 2.05) is 44.2 Å². The molecule has 0 spiro atoms. The minimum atomic E-state index is -2.93. The molecule has 1 aromatic heterocycles. The van der Waals surface area contributed by atoms with Crippen molar-refractivity contribution in [3.8, 4) is 22.8 Å². The van der Waals surface area contributed by atoms with Gasteiger partial charge in [-0.3, -0.25) is 9.48 Å². The topological polar surface area (TPSA) is 70.1 Å². The summed E-state index contributed by atoms with van der Waals surface area (Å²) < 4.78 is 34.7. The Labute approximate surface area is 180 Å². The Bertz CT molecular complexity index is 1140. The molecule has 31 heavy (non-hydrogen) atoms. The quantitative estimate of drug-likeness (QED) is 0.557. The number of nitrogens with two attached hydrogens (primary N) is 1. The van der Waals surface area contributed by atoms with Gasteiger partial charge in [0.25, 0.3) is 12.3 Å². The molecule has 7 heteroatoms. The van der Waals surface area contributed by atoms with Crippen molar-refractivity contribution < 1.29 is 18.3 Å². The zero-order valence-electron chi connectivity index (χ0n) is 18.6. The molecule has 0 fully saturated rings. The molecular weight excluding hydrogens is 400 g/mol. The number of hydrogen-bond acceptors (Lipinski definition) is 3. The van der Waals surface area contributed by atoms with Crippen molar-refractivity contribution in [3.63, 3.8) is 0 Å². The lowest BCUT2D eigenvalue weighted by Gasteiger charge is -2.24. The molecule has 5 nitrogen and oxygen atoms in total. The standard InChI is InChI=1S/C24H27F2N3O2/c1-13-7-9-15(21-19(23(27)30)20(22(25)26)28-29(21)6)17(11-13)31-18-12-14(2)8-10-16(18)24(3,4)5/h7-12,22H,1-6H3,(H2,27,30). The van der Waals surface area contributed by atoms with Gasteiger partial charge < -0.3 is 10.5 Å². The van der Waals surface area contributed by atoms with Crippen molar-refractivity contribution in [2.75, 3.05) is 0 Å². The van der Waals surface area contributed by atoms with Crippen LogP contribution in [-0.4, -0.2) is 15.7 Å². The minimum Gasteiger partial charge on any atom is -0.456 e. The minimum absolute atomic E-state index is 0.180. The molecule has 3 aromatic rings. The molecule has 0 atom stereocenters. The van der Waals surface area contributed by atoms with Crippen LogP contribution in [0.1, 0.15) is 59.9 Å². The number of alkyl halides is 2. The predicted octanol–water partition coefficient (Wildman–Crippen LogP) is 5.83. The Balaban J connectivity index is 2.25. The second-order valence-electron chi connectivity index (χ2n) is 8.75. The number of ether oxygens (including phenoxy) is 1. The van der Waals surface area contributed by atoms with Crippen LogP contribution in [0.25, 0.3) is 11.3 Å². The predicted molar refractivity (Wildman–Crippen MR) is 117 cm³/mol. The Morgan fingerprint density at radius 3 is 2.19 bits per heavy atom. The maximum absolute atomic E-state index is 13.5. The number of carbonyl (C=O) groups excluding carboxylic acids is 1. The van der Waals surface area contributed by atoms with Crippen LogP contribution in [0.2, 0.25) is 0 Å². The molecular formula is C24H27F2N3O2. The van der Waals surface area contributed by atoms with E-state index >= 15 is 0 Å². The first-order valence-electron chi connectivity index (χ1n) is 9.95. The van der Waals surface area contributed by atoms with Crippen LogP contribution in [0, 0.1) is 13.8 Å². The summed E-state index contributed by atoms with van der Waals surface area (Å²) in [5, 5.41) is 3.86. The number of rotatable bonds is 5. The molecule has 1 heterocycles. The van der Waals surface area contributed by atoms with Gasteiger partial charge in [-0.25, -0.2) is 8.78 Å². The Morgan fingerprint density at radius 2 is 1.65 bits per heavy atom.